The number of anilines is 1. The third-order valence-corrected chi connectivity index (χ3v) is 4.24. The van der Waals surface area contributed by atoms with Gasteiger partial charge in [0.05, 0.1) is 11.8 Å². The first-order valence-corrected chi connectivity index (χ1v) is 7.26. The van der Waals surface area contributed by atoms with Gasteiger partial charge in [-0.3, -0.25) is 9.59 Å². The molecule has 1 aliphatic rings. The molecule has 1 aliphatic carbocycles. The molecule has 2 aromatic rings. The molecule has 3 N–H and O–H groups in total. The summed E-state index contributed by atoms with van der Waals surface area (Å²) in [7, 11) is 0. The zero-order valence-corrected chi connectivity index (χ0v) is 11.6. The number of carboxylic acids is 1. The molecule has 0 bridgehead atoms. The van der Waals surface area contributed by atoms with Gasteiger partial charge in [-0.05, 0) is 37.1 Å². The molecule has 21 heavy (non-hydrogen) atoms. The predicted molar refractivity (Wildman–Crippen MR) is 80.0 cm³/mol. The smallest absolute Gasteiger partial charge is 0.307 e. The van der Waals surface area contributed by atoms with Crippen molar-refractivity contribution in [2.45, 2.75) is 25.7 Å². The van der Waals surface area contributed by atoms with E-state index in [9.17, 15) is 14.7 Å². The fourth-order valence-electron chi connectivity index (χ4n) is 3.11. The van der Waals surface area contributed by atoms with Gasteiger partial charge in [0.15, 0.2) is 0 Å². The van der Waals surface area contributed by atoms with Gasteiger partial charge in [0.2, 0.25) is 5.91 Å². The molecule has 0 saturated heterocycles. The van der Waals surface area contributed by atoms with Gasteiger partial charge in [-0.2, -0.15) is 0 Å². The Morgan fingerprint density at radius 1 is 1.14 bits per heavy atom. The highest BCUT2D eigenvalue weighted by Gasteiger charge is 2.35. The third-order valence-electron chi connectivity index (χ3n) is 4.24. The second kappa shape index (κ2) is 5.60. The summed E-state index contributed by atoms with van der Waals surface area (Å²) < 4.78 is 0. The van der Waals surface area contributed by atoms with Gasteiger partial charge in [0.25, 0.3) is 0 Å². The van der Waals surface area contributed by atoms with Crippen LogP contribution in [0.4, 0.5) is 5.69 Å². The van der Waals surface area contributed by atoms with Crippen molar-refractivity contribution >= 4 is 28.5 Å². The first-order chi connectivity index (χ1) is 10.1. The van der Waals surface area contributed by atoms with Gasteiger partial charge < -0.3 is 15.4 Å². The van der Waals surface area contributed by atoms with Gasteiger partial charge in [0, 0.05) is 22.8 Å². The minimum Gasteiger partial charge on any atom is -0.481 e. The van der Waals surface area contributed by atoms with Crippen LogP contribution in [0.15, 0.2) is 30.5 Å². The number of hydrogen-bond acceptors (Lipinski definition) is 2. The Hall–Kier alpha value is -2.30. The zero-order chi connectivity index (χ0) is 14.8. The number of aliphatic carboxylic acids is 1. The largest absolute Gasteiger partial charge is 0.481 e. The summed E-state index contributed by atoms with van der Waals surface area (Å²) in [6.07, 6.45) is 4.88. The van der Waals surface area contributed by atoms with Crippen LogP contribution in [-0.2, 0) is 9.59 Å². The second-order valence-corrected chi connectivity index (χ2v) is 5.60. The van der Waals surface area contributed by atoms with Crippen molar-refractivity contribution in [3.8, 4) is 0 Å². The SMILES string of the molecule is O=C(O)C1CCCCC1C(=O)Nc1ccc2[nH]ccc2c1. The van der Waals surface area contributed by atoms with E-state index < -0.39 is 17.8 Å². The number of carbonyl (C=O) groups is 2. The summed E-state index contributed by atoms with van der Waals surface area (Å²) in [4.78, 5) is 26.7. The van der Waals surface area contributed by atoms with Crippen LogP contribution in [0.25, 0.3) is 10.9 Å². The van der Waals surface area contributed by atoms with E-state index in [4.69, 9.17) is 0 Å². The quantitative estimate of drug-likeness (QED) is 0.811. The molecule has 1 aromatic carbocycles. The Morgan fingerprint density at radius 2 is 1.90 bits per heavy atom. The van der Waals surface area contributed by atoms with Gasteiger partial charge >= 0.3 is 5.97 Å². The number of hydrogen-bond donors (Lipinski definition) is 3. The molecule has 1 aromatic heterocycles. The zero-order valence-electron chi connectivity index (χ0n) is 11.6. The second-order valence-electron chi connectivity index (χ2n) is 5.60. The molecule has 110 valence electrons. The van der Waals surface area contributed by atoms with Crippen LogP contribution in [0.5, 0.6) is 0 Å². The summed E-state index contributed by atoms with van der Waals surface area (Å²) in [5.74, 6) is -2.04. The maximum absolute atomic E-state index is 12.4. The van der Waals surface area contributed by atoms with E-state index in [1.54, 1.807) is 0 Å². The van der Waals surface area contributed by atoms with Crippen LogP contribution in [-0.4, -0.2) is 22.0 Å². The first kappa shape index (κ1) is 13.7. The van der Waals surface area contributed by atoms with E-state index in [2.05, 4.69) is 10.3 Å². The Morgan fingerprint density at radius 3 is 2.67 bits per heavy atom. The maximum atomic E-state index is 12.4. The number of carbonyl (C=O) groups excluding carboxylic acids is 1. The average Bonchev–Trinajstić information content (AvgIpc) is 2.94. The van der Waals surface area contributed by atoms with Crippen LogP contribution in [0, 0.1) is 11.8 Å². The molecule has 1 fully saturated rings. The van der Waals surface area contributed by atoms with Crippen LogP contribution in [0.2, 0.25) is 0 Å². The highest BCUT2D eigenvalue weighted by atomic mass is 16.4. The summed E-state index contributed by atoms with van der Waals surface area (Å²) in [6.45, 7) is 0. The fraction of sp³-hybridized carbons (Fsp3) is 0.375. The van der Waals surface area contributed by atoms with E-state index in [1.165, 1.54) is 0 Å². The molecule has 1 heterocycles. The summed E-state index contributed by atoms with van der Waals surface area (Å²) in [5, 5.41) is 13.1. The lowest BCUT2D eigenvalue weighted by atomic mass is 9.78. The molecule has 1 saturated carbocycles. The van der Waals surface area contributed by atoms with E-state index in [0.29, 0.717) is 18.5 Å². The number of H-pyrrole nitrogens is 1. The molecule has 0 spiro atoms. The van der Waals surface area contributed by atoms with E-state index >= 15 is 0 Å². The van der Waals surface area contributed by atoms with Gasteiger partial charge in [-0.25, -0.2) is 0 Å². The Balaban J connectivity index is 1.76. The third kappa shape index (κ3) is 2.77. The summed E-state index contributed by atoms with van der Waals surface area (Å²) in [5.41, 5.74) is 1.72. The fourth-order valence-corrected chi connectivity index (χ4v) is 3.11. The average molecular weight is 286 g/mol. The van der Waals surface area contributed by atoms with Crippen molar-refractivity contribution in [3.63, 3.8) is 0 Å². The van der Waals surface area contributed by atoms with Gasteiger partial charge in [-0.1, -0.05) is 12.8 Å². The molecule has 1 amide bonds. The van der Waals surface area contributed by atoms with Gasteiger partial charge in [0.1, 0.15) is 0 Å². The number of nitrogens with one attached hydrogen (secondary N) is 2. The van der Waals surface area contributed by atoms with Crippen molar-refractivity contribution in [2.24, 2.45) is 11.8 Å². The molecule has 0 radical (unpaired) electrons. The Kier molecular flexibility index (Phi) is 3.64. The topological polar surface area (TPSA) is 82.2 Å². The summed E-state index contributed by atoms with van der Waals surface area (Å²) >= 11 is 0. The van der Waals surface area contributed by atoms with Crippen LogP contribution in [0.1, 0.15) is 25.7 Å². The number of fused-ring (bicyclic) bond motifs is 1. The number of rotatable bonds is 3. The highest BCUT2D eigenvalue weighted by molar-refractivity contribution is 5.97. The van der Waals surface area contributed by atoms with Crippen molar-refractivity contribution in [2.75, 3.05) is 5.32 Å². The Labute approximate surface area is 122 Å². The highest BCUT2D eigenvalue weighted by Crippen LogP contribution is 2.31. The number of aromatic amines is 1. The van der Waals surface area contributed by atoms with E-state index in [-0.39, 0.29) is 5.91 Å². The minimum atomic E-state index is -0.865. The normalized spacial score (nSPS) is 22.1. The lowest BCUT2D eigenvalue weighted by Gasteiger charge is -2.27. The number of carboxylic acid groups (broad SMARTS) is 1. The molecular formula is C16H18N2O3. The van der Waals surface area contributed by atoms with Crippen molar-refractivity contribution in [3.05, 3.63) is 30.5 Å². The number of aromatic nitrogens is 1. The van der Waals surface area contributed by atoms with Crippen molar-refractivity contribution < 1.29 is 14.7 Å². The molecule has 5 nitrogen and oxygen atoms in total. The van der Waals surface area contributed by atoms with Crippen LogP contribution < -0.4 is 5.32 Å². The predicted octanol–water partition coefficient (Wildman–Crippen LogP) is 3.00. The van der Waals surface area contributed by atoms with E-state index in [0.717, 1.165) is 23.7 Å². The van der Waals surface area contributed by atoms with Crippen molar-refractivity contribution in [1.82, 2.24) is 4.98 Å². The molecule has 2 atom stereocenters. The lowest BCUT2D eigenvalue weighted by Crippen LogP contribution is -2.36. The molecule has 0 aliphatic heterocycles. The standard InChI is InChI=1S/C16H18N2O3/c19-15(12-3-1-2-4-13(12)16(20)21)18-11-5-6-14-10(9-11)7-8-17-14/h5-9,12-13,17H,1-4H2,(H,18,19)(H,20,21). The molecular weight excluding hydrogens is 268 g/mol. The Bertz CT molecular complexity index is 677. The maximum Gasteiger partial charge on any atom is 0.307 e. The monoisotopic (exact) mass is 286 g/mol. The lowest BCUT2D eigenvalue weighted by molar-refractivity contribution is -0.147. The molecule has 3 rings (SSSR count). The minimum absolute atomic E-state index is 0.183. The molecule has 2 unspecified atom stereocenters. The van der Waals surface area contributed by atoms with E-state index in [1.807, 2.05) is 30.5 Å². The van der Waals surface area contributed by atoms with Crippen LogP contribution >= 0.6 is 0 Å². The van der Waals surface area contributed by atoms with Crippen molar-refractivity contribution in [1.29, 1.82) is 0 Å². The van der Waals surface area contributed by atoms with Gasteiger partial charge in [-0.15, -0.1) is 0 Å². The molecule has 5 heteroatoms. The summed E-state index contributed by atoms with van der Waals surface area (Å²) in [6, 6.07) is 7.56. The number of benzene rings is 1. The first-order valence-electron chi connectivity index (χ1n) is 7.26. The number of amides is 1. The van der Waals surface area contributed by atoms with Crippen LogP contribution in [0.3, 0.4) is 0 Å².